The summed E-state index contributed by atoms with van der Waals surface area (Å²) in [5.74, 6) is 1.80. The molecule has 0 aliphatic carbocycles. The van der Waals surface area contributed by atoms with Crippen molar-refractivity contribution in [3.8, 4) is 45.3 Å². The van der Waals surface area contributed by atoms with Gasteiger partial charge < -0.3 is 0 Å². The fourth-order valence-electron chi connectivity index (χ4n) is 6.55. The van der Waals surface area contributed by atoms with Crippen molar-refractivity contribution in [3.05, 3.63) is 166 Å². The van der Waals surface area contributed by atoms with E-state index in [2.05, 4.69) is 24.3 Å². The zero-order chi connectivity index (χ0) is 31.5. The predicted molar refractivity (Wildman–Crippen MR) is 189 cm³/mol. The Balaban J connectivity index is 1.24. The van der Waals surface area contributed by atoms with Gasteiger partial charge in [0.25, 0.3) is 11.1 Å². The Kier molecular flexibility index (Phi) is 6.01. The summed E-state index contributed by atoms with van der Waals surface area (Å²) in [5.41, 5.74) is 4.71. The molecule has 0 atom stereocenters. The third-order valence-electron chi connectivity index (χ3n) is 8.81. The molecular weight excluding hydrogens is 580 g/mol. The van der Waals surface area contributed by atoms with Crippen LogP contribution in [0.4, 0.5) is 0 Å². The Morgan fingerprint density at radius 2 is 0.702 bits per heavy atom. The summed E-state index contributed by atoms with van der Waals surface area (Å²) in [6.07, 6.45) is 0. The molecule has 0 radical (unpaired) electrons. The van der Waals surface area contributed by atoms with E-state index in [0.717, 1.165) is 49.4 Å². The number of pyridine rings is 2. The molecule has 6 heteroatoms. The molecule has 0 unspecified atom stereocenters. The highest BCUT2D eigenvalue weighted by Crippen LogP contribution is 2.35. The third kappa shape index (κ3) is 4.30. The topological polar surface area (TPSA) is 77.2 Å². The molecule has 47 heavy (non-hydrogen) atoms. The number of nitrogens with zero attached hydrogens (tertiary/aromatic N) is 4. The minimum atomic E-state index is -0.298. The third-order valence-corrected chi connectivity index (χ3v) is 8.81. The van der Waals surface area contributed by atoms with Crippen molar-refractivity contribution < 1.29 is 0 Å². The van der Waals surface area contributed by atoms with Gasteiger partial charge in [-0.05, 0) is 46.2 Å². The van der Waals surface area contributed by atoms with E-state index in [0.29, 0.717) is 33.8 Å². The van der Waals surface area contributed by atoms with Crippen molar-refractivity contribution in [2.75, 3.05) is 0 Å². The van der Waals surface area contributed by atoms with Crippen LogP contribution in [-0.2, 0) is 0 Å². The number of aromatic nitrogens is 4. The van der Waals surface area contributed by atoms with Crippen LogP contribution < -0.4 is 11.1 Å². The van der Waals surface area contributed by atoms with Crippen LogP contribution in [0.2, 0.25) is 0 Å². The molecule has 6 nitrogen and oxygen atoms in total. The van der Waals surface area contributed by atoms with Crippen molar-refractivity contribution in [1.82, 2.24) is 19.4 Å². The highest BCUT2D eigenvalue weighted by atomic mass is 16.2. The maximum absolute atomic E-state index is 13.7. The average molecular weight is 605 g/mol. The van der Waals surface area contributed by atoms with Gasteiger partial charge in [0, 0.05) is 38.2 Å². The monoisotopic (exact) mass is 604 g/mol. The molecule has 6 aromatic carbocycles. The molecule has 0 saturated heterocycles. The molecule has 0 aliphatic heterocycles. The molecule has 3 heterocycles. The maximum atomic E-state index is 13.7. The van der Waals surface area contributed by atoms with E-state index in [-0.39, 0.29) is 11.1 Å². The summed E-state index contributed by atoms with van der Waals surface area (Å²) >= 11 is 0. The van der Waals surface area contributed by atoms with Gasteiger partial charge in [-0.2, -0.15) is 0 Å². The van der Waals surface area contributed by atoms with Crippen LogP contribution in [0.25, 0.3) is 83.1 Å². The second kappa shape index (κ2) is 10.5. The van der Waals surface area contributed by atoms with Gasteiger partial charge in [0.05, 0.1) is 5.52 Å². The highest BCUT2D eigenvalue weighted by Gasteiger charge is 2.19. The Morgan fingerprint density at radius 1 is 0.340 bits per heavy atom. The second-order valence-corrected chi connectivity index (χ2v) is 11.6. The zero-order valence-electron chi connectivity index (χ0n) is 25.0. The molecule has 9 rings (SSSR count). The van der Waals surface area contributed by atoms with E-state index in [1.165, 1.54) is 4.40 Å². The van der Waals surface area contributed by atoms with Gasteiger partial charge in [0.15, 0.2) is 17.5 Å². The average Bonchev–Trinajstić information content (AvgIpc) is 3.15. The Hall–Kier alpha value is -6.53. The first-order chi connectivity index (χ1) is 23.1. The molecule has 0 aliphatic rings. The minimum Gasteiger partial charge on any atom is -0.268 e. The number of hydrogen-bond donors (Lipinski definition) is 0. The standard InChI is InChI=1S/C41H24N4O2/c46-40-32-17-9-7-15-30(32)34-23-29(24-35-31-16-8-10-18-33(31)41(47)45(40)36(34)35)25-19-21-28(22-20-25)39-43-37(26-11-3-1-4-12-26)42-38(44-39)27-13-5-2-6-14-27/h1-24H. The molecule has 9 aromatic rings. The number of benzene rings is 6. The van der Waals surface area contributed by atoms with Gasteiger partial charge in [-0.15, -0.1) is 0 Å². The normalized spacial score (nSPS) is 11.6. The van der Waals surface area contributed by atoms with E-state index < -0.39 is 0 Å². The van der Waals surface area contributed by atoms with Crippen LogP contribution in [0, 0.1) is 0 Å². The molecule has 0 saturated carbocycles. The minimum absolute atomic E-state index is 0.298. The summed E-state index contributed by atoms with van der Waals surface area (Å²) < 4.78 is 1.34. The summed E-state index contributed by atoms with van der Waals surface area (Å²) in [6.45, 7) is 0. The first-order valence-electron chi connectivity index (χ1n) is 15.4. The lowest BCUT2D eigenvalue weighted by molar-refractivity contribution is 1.07. The number of hydrogen-bond acceptors (Lipinski definition) is 5. The van der Waals surface area contributed by atoms with Crippen LogP contribution in [0.5, 0.6) is 0 Å². The van der Waals surface area contributed by atoms with Crippen molar-refractivity contribution in [1.29, 1.82) is 0 Å². The van der Waals surface area contributed by atoms with Gasteiger partial charge in [-0.3, -0.25) is 9.59 Å². The number of rotatable bonds is 4. The fourth-order valence-corrected chi connectivity index (χ4v) is 6.55. The quantitative estimate of drug-likeness (QED) is 0.149. The Bertz CT molecular complexity index is 2600. The lowest BCUT2D eigenvalue weighted by atomic mass is 9.94. The van der Waals surface area contributed by atoms with Gasteiger partial charge in [-0.25, -0.2) is 19.4 Å². The molecule has 0 spiro atoms. The summed E-state index contributed by atoms with van der Waals surface area (Å²) in [7, 11) is 0. The highest BCUT2D eigenvalue weighted by molar-refractivity contribution is 6.19. The lowest BCUT2D eigenvalue weighted by Crippen LogP contribution is -2.27. The second-order valence-electron chi connectivity index (χ2n) is 11.6. The Labute approximate surface area is 268 Å². The van der Waals surface area contributed by atoms with Crippen LogP contribution in [-0.4, -0.2) is 19.4 Å². The summed E-state index contributed by atoms with van der Waals surface area (Å²) in [6, 6.07) is 47.2. The fraction of sp³-hybridized carbons (Fsp3) is 0. The van der Waals surface area contributed by atoms with E-state index in [9.17, 15) is 9.59 Å². The predicted octanol–water partition coefficient (Wildman–Crippen LogP) is 8.41. The summed E-state index contributed by atoms with van der Waals surface area (Å²) in [5, 5.41) is 4.40. The first kappa shape index (κ1) is 26.8. The van der Waals surface area contributed by atoms with Gasteiger partial charge in [-0.1, -0.05) is 121 Å². The molecule has 0 N–H and O–H groups in total. The van der Waals surface area contributed by atoms with Crippen molar-refractivity contribution in [2.24, 2.45) is 0 Å². The van der Waals surface area contributed by atoms with Crippen LogP contribution in [0.15, 0.2) is 155 Å². The molecule has 0 amide bonds. The van der Waals surface area contributed by atoms with E-state index in [4.69, 9.17) is 15.0 Å². The summed E-state index contributed by atoms with van der Waals surface area (Å²) in [4.78, 5) is 41.9. The van der Waals surface area contributed by atoms with Crippen LogP contribution in [0.1, 0.15) is 0 Å². The van der Waals surface area contributed by atoms with Crippen molar-refractivity contribution >= 4 is 37.8 Å². The molecular formula is C41H24N4O2. The van der Waals surface area contributed by atoms with Gasteiger partial charge >= 0.3 is 0 Å². The first-order valence-corrected chi connectivity index (χ1v) is 15.4. The molecule has 3 aromatic heterocycles. The number of fused-ring (bicyclic) bond motifs is 4. The van der Waals surface area contributed by atoms with Gasteiger partial charge in [0.1, 0.15) is 0 Å². The smallest absolute Gasteiger partial charge is 0.266 e. The molecule has 0 bridgehead atoms. The Morgan fingerprint density at radius 3 is 1.15 bits per heavy atom. The zero-order valence-corrected chi connectivity index (χ0v) is 25.0. The van der Waals surface area contributed by atoms with E-state index in [1.807, 2.05) is 109 Å². The van der Waals surface area contributed by atoms with Gasteiger partial charge in [0.2, 0.25) is 0 Å². The van der Waals surface area contributed by atoms with E-state index in [1.54, 1.807) is 12.1 Å². The molecule has 0 fully saturated rings. The van der Waals surface area contributed by atoms with E-state index >= 15 is 0 Å². The maximum Gasteiger partial charge on any atom is 0.266 e. The largest absolute Gasteiger partial charge is 0.268 e. The van der Waals surface area contributed by atoms with Crippen LogP contribution >= 0.6 is 0 Å². The van der Waals surface area contributed by atoms with Crippen molar-refractivity contribution in [2.45, 2.75) is 0 Å². The van der Waals surface area contributed by atoms with Crippen molar-refractivity contribution in [3.63, 3.8) is 0 Å². The van der Waals surface area contributed by atoms with Crippen LogP contribution in [0.3, 0.4) is 0 Å². The lowest BCUT2D eigenvalue weighted by Gasteiger charge is -2.15. The molecule has 220 valence electrons. The SMILES string of the molecule is O=c1c2ccccc2c2cc(-c3ccc(-c4nc(-c5ccccc5)nc(-c5ccccc5)n4)cc3)cc3c4ccccc4c(=O)n1c23.